The van der Waals surface area contributed by atoms with E-state index in [1.165, 1.54) is 0 Å². The standard InChI is InChI=1S/C19H20N2O3/c20-13-16-7-5-15(6-8-16)9-10-19(23)21-14-17-3-1-2-4-18(17)24-12-11-22/h1-8,22H,9-12,14H2,(H,21,23). The Balaban J connectivity index is 1.81. The smallest absolute Gasteiger partial charge is 0.220 e. The van der Waals surface area contributed by atoms with E-state index in [0.29, 0.717) is 30.7 Å². The number of amides is 1. The predicted molar refractivity (Wildman–Crippen MR) is 90.3 cm³/mol. The summed E-state index contributed by atoms with van der Waals surface area (Å²) in [5.41, 5.74) is 2.51. The minimum atomic E-state index is -0.0503. The van der Waals surface area contributed by atoms with Crippen molar-refractivity contribution in [3.63, 3.8) is 0 Å². The third kappa shape index (κ3) is 5.41. The molecule has 0 saturated heterocycles. The van der Waals surface area contributed by atoms with E-state index in [1.54, 1.807) is 12.1 Å². The highest BCUT2D eigenvalue weighted by molar-refractivity contribution is 5.76. The molecule has 0 radical (unpaired) electrons. The molecule has 5 nitrogen and oxygen atoms in total. The van der Waals surface area contributed by atoms with Crippen LogP contribution in [0.3, 0.4) is 0 Å². The summed E-state index contributed by atoms with van der Waals surface area (Å²) in [6.45, 7) is 0.558. The summed E-state index contributed by atoms with van der Waals surface area (Å²) in [5.74, 6) is 0.621. The molecule has 5 heteroatoms. The average molecular weight is 324 g/mol. The molecule has 0 aliphatic carbocycles. The molecule has 0 aliphatic heterocycles. The topological polar surface area (TPSA) is 82.4 Å². The Labute approximate surface area is 141 Å². The van der Waals surface area contributed by atoms with Crippen molar-refractivity contribution in [2.24, 2.45) is 0 Å². The third-order valence-electron chi connectivity index (χ3n) is 3.52. The zero-order valence-corrected chi connectivity index (χ0v) is 13.4. The van der Waals surface area contributed by atoms with Crippen molar-refractivity contribution in [3.8, 4) is 11.8 Å². The first kappa shape index (κ1) is 17.5. The number of rotatable bonds is 8. The minimum Gasteiger partial charge on any atom is -0.491 e. The molecule has 0 fully saturated rings. The summed E-state index contributed by atoms with van der Waals surface area (Å²) in [5, 5.41) is 20.5. The van der Waals surface area contributed by atoms with E-state index in [0.717, 1.165) is 11.1 Å². The molecule has 0 unspecified atom stereocenters. The monoisotopic (exact) mass is 324 g/mol. The second kappa shape index (κ2) is 9.33. The van der Waals surface area contributed by atoms with Crippen molar-refractivity contribution >= 4 is 5.91 Å². The van der Waals surface area contributed by atoms with Crippen molar-refractivity contribution in [2.45, 2.75) is 19.4 Å². The number of carbonyl (C=O) groups excluding carboxylic acids is 1. The van der Waals surface area contributed by atoms with E-state index in [4.69, 9.17) is 15.1 Å². The lowest BCUT2D eigenvalue weighted by Gasteiger charge is -2.11. The van der Waals surface area contributed by atoms with Crippen LogP contribution in [0.2, 0.25) is 0 Å². The van der Waals surface area contributed by atoms with Crippen molar-refractivity contribution in [1.82, 2.24) is 5.32 Å². The summed E-state index contributed by atoms with van der Waals surface area (Å²) in [6.07, 6.45) is 1.01. The van der Waals surface area contributed by atoms with Gasteiger partial charge in [-0.15, -0.1) is 0 Å². The van der Waals surface area contributed by atoms with Gasteiger partial charge in [0.05, 0.1) is 18.2 Å². The molecule has 1 amide bonds. The quantitative estimate of drug-likeness (QED) is 0.780. The Morgan fingerprint density at radius 1 is 1.17 bits per heavy atom. The molecule has 24 heavy (non-hydrogen) atoms. The fraction of sp³-hybridized carbons (Fsp3) is 0.263. The third-order valence-corrected chi connectivity index (χ3v) is 3.52. The van der Waals surface area contributed by atoms with Crippen LogP contribution in [0, 0.1) is 11.3 Å². The molecule has 0 aliphatic rings. The van der Waals surface area contributed by atoms with Crippen molar-refractivity contribution < 1.29 is 14.6 Å². The summed E-state index contributed by atoms with van der Waals surface area (Å²) in [7, 11) is 0. The predicted octanol–water partition coefficient (Wildman–Crippen LogP) is 2.18. The number of hydrogen-bond acceptors (Lipinski definition) is 4. The van der Waals surface area contributed by atoms with E-state index in [9.17, 15) is 4.79 Å². The van der Waals surface area contributed by atoms with Gasteiger partial charge < -0.3 is 15.2 Å². The average Bonchev–Trinajstić information content (AvgIpc) is 2.64. The highest BCUT2D eigenvalue weighted by atomic mass is 16.5. The molecule has 2 aromatic rings. The van der Waals surface area contributed by atoms with Crippen molar-refractivity contribution in [1.29, 1.82) is 5.26 Å². The molecule has 0 aromatic heterocycles. The van der Waals surface area contributed by atoms with Crippen LogP contribution in [0.25, 0.3) is 0 Å². The molecule has 0 bridgehead atoms. The minimum absolute atomic E-state index is 0.0451. The molecule has 0 saturated carbocycles. The van der Waals surface area contributed by atoms with Gasteiger partial charge in [-0.25, -0.2) is 0 Å². The lowest BCUT2D eigenvalue weighted by atomic mass is 10.1. The number of nitriles is 1. The van der Waals surface area contributed by atoms with Gasteiger partial charge >= 0.3 is 0 Å². The van der Waals surface area contributed by atoms with E-state index >= 15 is 0 Å². The van der Waals surface area contributed by atoms with E-state index in [1.807, 2.05) is 36.4 Å². The van der Waals surface area contributed by atoms with Gasteiger partial charge in [0.25, 0.3) is 0 Å². The lowest BCUT2D eigenvalue weighted by molar-refractivity contribution is -0.121. The molecule has 2 N–H and O–H groups in total. The molecule has 0 spiro atoms. The summed E-state index contributed by atoms with van der Waals surface area (Å²) < 4.78 is 5.44. The second-order valence-corrected chi connectivity index (χ2v) is 5.27. The number of aliphatic hydroxyl groups is 1. The molecule has 0 heterocycles. The number of benzene rings is 2. The first-order chi connectivity index (χ1) is 11.7. The van der Waals surface area contributed by atoms with Crippen LogP contribution < -0.4 is 10.1 Å². The van der Waals surface area contributed by atoms with Crippen LogP contribution in [0.4, 0.5) is 0 Å². The summed E-state index contributed by atoms with van der Waals surface area (Å²) >= 11 is 0. The number of para-hydroxylation sites is 1. The Morgan fingerprint density at radius 3 is 2.62 bits per heavy atom. The van der Waals surface area contributed by atoms with Crippen LogP contribution in [0.5, 0.6) is 5.75 Å². The number of aliphatic hydroxyl groups excluding tert-OH is 1. The highest BCUT2D eigenvalue weighted by Crippen LogP contribution is 2.17. The van der Waals surface area contributed by atoms with E-state index in [-0.39, 0.29) is 19.1 Å². The zero-order valence-electron chi connectivity index (χ0n) is 13.4. The Hall–Kier alpha value is -2.84. The number of aryl methyl sites for hydroxylation is 1. The number of nitrogens with one attached hydrogen (secondary N) is 1. The molecule has 124 valence electrons. The fourth-order valence-corrected chi connectivity index (χ4v) is 2.23. The Morgan fingerprint density at radius 2 is 1.92 bits per heavy atom. The van der Waals surface area contributed by atoms with Crippen LogP contribution in [0.1, 0.15) is 23.1 Å². The number of hydrogen-bond donors (Lipinski definition) is 2. The second-order valence-electron chi connectivity index (χ2n) is 5.27. The normalized spacial score (nSPS) is 10.0. The number of carbonyl (C=O) groups is 1. The summed E-state index contributed by atoms with van der Waals surface area (Å²) in [6, 6.07) is 16.7. The molecule has 0 atom stereocenters. The van der Waals surface area contributed by atoms with Gasteiger partial charge in [-0.1, -0.05) is 30.3 Å². The summed E-state index contributed by atoms with van der Waals surface area (Å²) in [4.78, 5) is 12.0. The first-order valence-corrected chi connectivity index (χ1v) is 7.80. The van der Waals surface area contributed by atoms with Crippen LogP contribution in [0.15, 0.2) is 48.5 Å². The molecular weight excluding hydrogens is 304 g/mol. The van der Waals surface area contributed by atoms with Crippen molar-refractivity contribution in [2.75, 3.05) is 13.2 Å². The van der Waals surface area contributed by atoms with Gasteiger partial charge in [0.1, 0.15) is 12.4 Å². The molecular formula is C19H20N2O3. The van der Waals surface area contributed by atoms with Crippen LogP contribution >= 0.6 is 0 Å². The fourth-order valence-electron chi connectivity index (χ4n) is 2.23. The highest BCUT2D eigenvalue weighted by Gasteiger charge is 2.06. The van der Waals surface area contributed by atoms with Crippen LogP contribution in [-0.2, 0) is 17.8 Å². The van der Waals surface area contributed by atoms with Crippen molar-refractivity contribution in [3.05, 3.63) is 65.2 Å². The maximum Gasteiger partial charge on any atom is 0.220 e. The zero-order chi connectivity index (χ0) is 17.2. The molecule has 2 rings (SSSR count). The van der Waals surface area contributed by atoms with Gasteiger partial charge in [-0.2, -0.15) is 5.26 Å². The van der Waals surface area contributed by atoms with E-state index in [2.05, 4.69) is 11.4 Å². The number of ether oxygens (including phenoxy) is 1. The Kier molecular flexibility index (Phi) is 6.81. The van der Waals surface area contributed by atoms with Gasteiger partial charge in [-0.3, -0.25) is 4.79 Å². The lowest BCUT2D eigenvalue weighted by Crippen LogP contribution is -2.23. The van der Waals surface area contributed by atoms with Gasteiger partial charge in [0.15, 0.2) is 0 Å². The molecule has 2 aromatic carbocycles. The van der Waals surface area contributed by atoms with Crippen LogP contribution in [-0.4, -0.2) is 24.2 Å². The largest absolute Gasteiger partial charge is 0.491 e. The van der Waals surface area contributed by atoms with Gasteiger partial charge in [0, 0.05) is 18.5 Å². The first-order valence-electron chi connectivity index (χ1n) is 7.80. The number of nitrogens with zero attached hydrogens (tertiary/aromatic N) is 1. The SMILES string of the molecule is N#Cc1ccc(CCC(=O)NCc2ccccc2OCCO)cc1. The van der Waals surface area contributed by atoms with E-state index < -0.39 is 0 Å². The van der Waals surface area contributed by atoms with Gasteiger partial charge in [-0.05, 0) is 30.2 Å². The van der Waals surface area contributed by atoms with Gasteiger partial charge in [0.2, 0.25) is 5.91 Å². The Bertz CT molecular complexity index is 705. The maximum atomic E-state index is 12.0. The maximum absolute atomic E-state index is 12.0.